The van der Waals surface area contributed by atoms with Crippen molar-refractivity contribution in [1.29, 1.82) is 0 Å². The number of rotatable bonds is 9. The average Bonchev–Trinajstić information content (AvgIpc) is 2.50. The normalized spacial score (nSPS) is 11.4. The molecule has 0 radical (unpaired) electrons. The molecule has 1 atom stereocenters. The molecule has 0 spiro atoms. The summed E-state index contributed by atoms with van der Waals surface area (Å²) in [6, 6.07) is 3.96. The lowest BCUT2D eigenvalue weighted by Crippen LogP contribution is -2.39. The van der Waals surface area contributed by atoms with Crippen LogP contribution in [0.3, 0.4) is 0 Å². The van der Waals surface area contributed by atoms with Gasteiger partial charge in [-0.15, -0.1) is 6.58 Å². The quantitative estimate of drug-likeness (QED) is 0.594. The summed E-state index contributed by atoms with van der Waals surface area (Å²) in [5.74, 6) is -0.541. The van der Waals surface area contributed by atoms with Crippen molar-refractivity contribution < 1.29 is 24.2 Å². The Kier molecular flexibility index (Phi) is 6.91. The summed E-state index contributed by atoms with van der Waals surface area (Å²) in [5, 5.41) is 14.4. The Morgan fingerprint density at radius 1 is 1.36 bits per heavy atom. The smallest absolute Gasteiger partial charge is 0.321 e. The SMILES string of the molecule is C=CCN[C@H](CC(=O)Nc1cc(OC)ccc1OC)C(=O)O. The van der Waals surface area contributed by atoms with Crippen molar-refractivity contribution in [3.05, 3.63) is 30.9 Å². The van der Waals surface area contributed by atoms with E-state index in [1.165, 1.54) is 20.3 Å². The van der Waals surface area contributed by atoms with Crippen LogP contribution in [0.25, 0.3) is 0 Å². The van der Waals surface area contributed by atoms with Gasteiger partial charge in [0.25, 0.3) is 0 Å². The highest BCUT2D eigenvalue weighted by Crippen LogP contribution is 2.28. The van der Waals surface area contributed by atoms with Gasteiger partial charge in [-0.05, 0) is 12.1 Å². The Balaban J connectivity index is 2.78. The number of anilines is 1. The summed E-state index contributed by atoms with van der Waals surface area (Å²) in [4.78, 5) is 23.1. The van der Waals surface area contributed by atoms with E-state index in [-0.39, 0.29) is 6.42 Å². The molecule has 0 aliphatic heterocycles. The molecule has 0 fully saturated rings. The minimum absolute atomic E-state index is 0.219. The van der Waals surface area contributed by atoms with Crippen LogP contribution in [0.1, 0.15) is 6.42 Å². The number of hydrogen-bond acceptors (Lipinski definition) is 5. The van der Waals surface area contributed by atoms with E-state index in [1.807, 2.05) is 0 Å². The van der Waals surface area contributed by atoms with E-state index < -0.39 is 17.9 Å². The van der Waals surface area contributed by atoms with Crippen molar-refractivity contribution in [2.24, 2.45) is 0 Å². The number of aliphatic carboxylic acids is 1. The molecule has 22 heavy (non-hydrogen) atoms. The zero-order valence-corrected chi connectivity index (χ0v) is 12.6. The zero-order chi connectivity index (χ0) is 16.5. The van der Waals surface area contributed by atoms with Crippen molar-refractivity contribution >= 4 is 17.6 Å². The van der Waals surface area contributed by atoms with Gasteiger partial charge in [0.1, 0.15) is 17.5 Å². The molecule has 0 bridgehead atoms. The van der Waals surface area contributed by atoms with E-state index >= 15 is 0 Å². The van der Waals surface area contributed by atoms with Crippen LogP contribution in [0.2, 0.25) is 0 Å². The Labute approximate surface area is 128 Å². The van der Waals surface area contributed by atoms with Gasteiger partial charge in [0.15, 0.2) is 0 Å². The fourth-order valence-electron chi connectivity index (χ4n) is 1.77. The van der Waals surface area contributed by atoms with Crippen molar-refractivity contribution in [2.75, 3.05) is 26.1 Å². The van der Waals surface area contributed by atoms with Crippen LogP contribution in [0, 0.1) is 0 Å². The lowest BCUT2D eigenvalue weighted by Gasteiger charge is -2.15. The molecule has 7 heteroatoms. The number of benzene rings is 1. The lowest BCUT2D eigenvalue weighted by molar-refractivity contribution is -0.140. The number of methoxy groups -OCH3 is 2. The van der Waals surface area contributed by atoms with Crippen molar-refractivity contribution in [1.82, 2.24) is 5.32 Å². The minimum Gasteiger partial charge on any atom is -0.497 e. The Morgan fingerprint density at radius 2 is 2.09 bits per heavy atom. The number of amides is 1. The Morgan fingerprint density at radius 3 is 2.64 bits per heavy atom. The maximum absolute atomic E-state index is 12.0. The van der Waals surface area contributed by atoms with Crippen LogP contribution in [0.5, 0.6) is 11.5 Å². The predicted molar refractivity (Wildman–Crippen MR) is 82.4 cm³/mol. The number of carboxylic acids is 1. The molecule has 120 valence electrons. The number of carbonyl (C=O) groups is 2. The highest BCUT2D eigenvalue weighted by atomic mass is 16.5. The van der Waals surface area contributed by atoms with E-state index in [0.29, 0.717) is 23.7 Å². The first-order chi connectivity index (χ1) is 10.5. The van der Waals surface area contributed by atoms with Gasteiger partial charge < -0.3 is 25.2 Å². The molecule has 0 aliphatic rings. The van der Waals surface area contributed by atoms with Crippen LogP contribution in [0.15, 0.2) is 30.9 Å². The summed E-state index contributed by atoms with van der Waals surface area (Å²) < 4.78 is 10.2. The van der Waals surface area contributed by atoms with Crippen molar-refractivity contribution in [3.8, 4) is 11.5 Å². The summed E-state index contributed by atoms with van der Waals surface area (Å²) in [7, 11) is 2.98. The second kappa shape index (κ2) is 8.68. The molecule has 1 aromatic carbocycles. The van der Waals surface area contributed by atoms with E-state index in [2.05, 4.69) is 17.2 Å². The molecule has 0 aromatic heterocycles. The summed E-state index contributed by atoms with van der Waals surface area (Å²) in [6.45, 7) is 3.79. The molecule has 0 unspecified atom stereocenters. The number of nitrogens with one attached hydrogen (secondary N) is 2. The third kappa shape index (κ3) is 5.10. The summed E-state index contributed by atoms with van der Waals surface area (Å²) in [6.07, 6.45) is 1.31. The van der Waals surface area contributed by atoms with Crippen LogP contribution in [-0.2, 0) is 9.59 Å². The molecule has 1 rings (SSSR count). The monoisotopic (exact) mass is 308 g/mol. The third-order valence-corrected chi connectivity index (χ3v) is 2.88. The molecular weight excluding hydrogens is 288 g/mol. The second-order valence-corrected chi connectivity index (χ2v) is 4.41. The first-order valence-electron chi connectivity index (χ1n) is 6.60. The van der Waals surface area contributed by atoms with Gasteiger partial charge in [-0.25, -0.2) is 0 Å². The number of carbonyl (C=O) groups excluding carboxylic acids is 1. The molecule has 7 nitrogen and oxygen atoms in total. The molecule has 0 saturated heterocycles. The van der Waals surface area contributed by atoms with E-state index in [0.717, 1.165) is 0 Å². The number of hydrogen-bond donors (Lipinski definition) is 3. The van der Waals surface area contributed by atoms with E-state index in [9.17, 15) is 9.59 Å². The fourth-order valence-corrected chi connectivity index (χ4v) is 1.77. The predicted octanol–water partition coefficient (Wildman–Crippen LogP) is 1.26. The maximum Gasteiger partial charge on any atom is 0.321 e. The van der Waals surface area contributed by atoms with Crippen molar-refractivity contribution in [3.63, 3.8) is 0 Å². The molecule has 0 saturated carbocycles. The van der Waals surface area contributed by atoms with E-state index in [4.69, 9.17) is 14.6 Å². The summed E-state index contributed by atoms with van der Waals surface area (Å²) >= 11 is 0. The van der Waals surface area contributed by atoms with Crippen LogP contribution >= 0.6 is 0 Å². The Bertz CT molecular complexity index is 545. The fraction of sp³-hybridized carbons (Fsp3) is 0.333. The topological polar surface area (TPSA) is 96.9 Å². The van der Waals surface area contributed by atoms with Gasteiger partial charge in [-0.1, -0.05) is 6.08 Å². The van der Waals surface area contributed by atoms with Crippen LogP contribution in [-0.4, -0.2) is 43.8 Å². The zero-order valence-electron chi connectivity index (χ0n) is 12.6. The first kappa shape index (κ1) is 17.5. The van der Waals surface area contributed by atoms with Gasteiger partial charge >= 0.3 is 5.97 Å². The Hall–Kier alpha value is -2.54. The lowest BCUT2D eigenvalue weighted by atomic mass is 10.2. The van der Waals surface area contributed by atoms with Gasteiger partial charge in [-0.3, -0.25) is 9.59 Å². The van der Waals surface area contributed by atoms with Crippen LogP contribution < -0.4 is 20.1 Å². The van der Waals surface area contributed by atoms with Crippen LogP contribution in [0.4, 0.5) is 5.69 Å². The number of carboxylic acid groups (broad SMARTS) is 1. The molecule has 0 heterocycles. The minimum atomic E-state index is -1.10. The molecule has 1 amide bonds. The molecule has 1 aromatic rings. The van der Waals surface area contributed by atoms with Gasteiger partial charge in [0, 0.05) is 12.6 Å². The highest BCUT2D eigenvalue weighted by Gasteiger charge is 2.21. The first-order valence-corrected chi connectivity index (χ1v) is 6.60. The highest BCUT2D eigenvalue weighted by molar-refractivity contribution is 5.95. The summed E-state index contributed by atoms with van der Waals surface area (Å²) in [5.41, 5.74) is 0.416. The average molecular weight is 308 g/mol. The second-order valence-electron chi connectivity index (χ2n) is 4.41. The standard InChI is InChI=1S/C15H20N2O5/c1-4-7-16-12(15(19)20)9-14(18)17-11-8-10(21-2)5-6-13(11)22-3/h4-6,8,12,16H,1,7,9H2,2-3H3,(H,17,18)(H,19,20)/t12-/m1/s1. The molecule has 3 N–H and O–H groups in total. The largest absolute Gasteiger partial charge is 0.497 e. The molecular formula is C15H20N2O5. The van der Waals surface area contributed by atoms with Gasteiger partial charge in [0.2, 0.25) is 5.91 Å². The number of ether oxygens (including phenoxy) is 2. The third-order valence-electron chi connectivity index (χ3n) is 2.88. The molecule has 0 aliphatic carbocycles. The maximum atomic E-state index is 12.0. The van der Waals surface area contributed by atoms with E-state index in [1.54, 1.807) is 18.2 Å². The van der Waals surface area contributed by atoms with Gasteiger partial charge in [-0.2, -0.15) is 0 Å². The van der Waals surface area contributed by atoms with Crippen molar-refractivity contribution in [2.45, 2.75) is 12.5 Å². The van der Waals surface area contributed by atoms with Gasteiger partial charge in [0.05, 0.1) is 26.3 Å².